The molecule has 0 amide bonds. The molecule has 0 saturated carbocycles. The minimum absolute atomic E-state index is 0.0868. The molecular weight excluding hydrogens is 216 g/mol. The summed E-state index contributed by atoms with van der Waals surface area (Å²) in [7, 11) is 1.89. The van der Waals surface area contributed by atoms with Crippen LogP contribution in [0.4, 0.5) is 17.6 Å². The fourth-order valence-corrected chi connectivity index (χ4v) is 1.40. The minimum Gasteiger partial charge on any atom is -0.370 e. The van der Waals surface area contributed by atoms with Crippen LogP contribution in [0.25, 0.3) is 0 Å². The Bertz CT molecular complexity index is 411. The van der Waals surface area contributed by atoms with E-state index in [0.29, 0.717) is 12.2 Å². The van der Waals surface area contributed by atoms with Gasteiger partial charge in [-0.05, 0) is 13.8 Å². The summed E-state index contributed by atoms with van der Waals surface area (Å²) in [5, 5.41) is 11.8. The standard InChI is InChI=1S/C11H18N6/c1-4-14-9-7-10(16-11(13)15-9)17(3)8(2)5-6-12/h7-8H,4-5H2,1-3H3,(H3,13,14,15,16). The van der Waals surface area contributed by atoms with Crippen molar-refractivity contribution in [3.05, 3.63) is 6.07 Å². The second-order valence-electron chi connectivity index (χ2n) is 3.82. The van der Waals surface area contributed by atoms with Crippen LogP contribution in [0.2, 0.25) is 0 Å². The zero-order valence-electron chi connectivity index (χ0n) is 10.4. The Labute approximate surface area is 101 Å². The second kappa shape index (κ2) is 5.89. The Morgan fingerprint density at radius 3 is 2.88 bits per heavy atom. The highest BCUT2D eigenvalue weighted by Crippen LogP contribution is 2.18. The van der Waals surface area contributed by atoms with Gasteiger partial charge in [-0.1, -0.05) is 0 Å². The van der Waals surface area contributed by atoms with Gasteiger partial charge in [0.05, 0.1) is 12.5 Å². The summed E-state index contributed by atoms with van der Waals surface area (Å²) in [4.78, 5) is 10.2. The molecule has 1 heterocycles. The summed E-state index contributed by atoms with van der Waals surface area (Å²) in [6.45, 7) is 4.72. The first kappa shape index (κ1) is 13.0. The lowest BCUT2D eigenvalue weighted by Gasteiger charge is -2.24. The van der Waals surface area contributed by atoms with Crippen LogP contribution in [0.15, 0.2) is 6.07 Å². The van der Waals surface area contributed by atoms with Gasteiger partial charge in [-0.3, -0.25) is 0 Å². The highest BCUT2D eigenvalue weighted by molar-refractivity contribution is 5.52. The Morgan fingerprint density at radius 1 is 1.59 bits per heavy atom. The van der Waals surface area contributed by atoms with Crippen molar-refractivity contribution < 1.29 is 0 Å². The monoisotopic (exact) mass is 234 g/mol. The number of nitrogen functional groups attached to an aromatic ring is 1. The van der Waals surface area contributed by atoms with E-state index in [-0.39, 0.29) is 12.0 Å². The van der Waals surface area contributed by atoms with Gasteiger partial charge in [0.1, 0.15) is 11.6 Å². The molecule has 17 heavy (non-hydrogen) atoms. The Balaban J connectivity index is 2.93. The van der Waals surface area contributed by atoms with E-state index in [2.05, 4.69) is 21.4 Å². The number of nitriles is 1. The van der Waals surface area contributed by atoms with Gasteiger partial charge in [0.15, 0.2) is 0 Å². The van der Waals surface area contributed by atoms with Gasteiger partial charge in [-0.2, -0.15) is 15.2 Å². The molecule has 0 spiro atoms. The van der Waals surface area contributed by atoms with Crippen LogP contribution in [0, 0.1) is 11.3 Å². The van der Waals surface area contributed by atoms with Gasteiger partial charge in [-0.25, -0.2) is 0 Å². The molecule has 1 atom stereocenters. The van der Waals surface area contributed by atoms with E-state index in [9.17, 15) is 0 Å². The lowest BCUT2D eigenvalue weighted by molar-refractivity contribution is 0.693. The maximum Gasteiger partial charge on any atom is 0.223 e. The molecule has 92 valence electrons. The van der Waals surface area contributed by atoms with Crippen molar-refractivity contribution in [2.45, 2.75) is 26.3 Å². The summed E-state index contributed by atoms with van der Waals surface area (Å²) < 4.78 is 0. The molecule has 0 aliphatic rings. The number of anilines is 3. The maximum atomic E-state index is 8.68. The third-order valence-corrected chi connectivity index (χ3v) is 2.50. The van der Waals surface area contributed by atoms with Crippen molar-refractivity contribution in [2.24, 2.45) is 0 Å². The van der Waals surface area contributed by atoms with Crippen molar-refractivity contribution in [1.29, 1.82) is 5.26 Å². The maximum absolute atomic E-state index is 8.68. The van der Waals surface area contributed by atoms with Crippen molar-refractivity contribution in [3.8, 4) is 6.07 Å². The summed E-state index contributed by atoms with van der Waals surface area (Å²) in [5.74, 6) is 1.65. The lowest BCUT2D eigenvalue weighted by Crippen LogP contribution is -2.29. The van der Waals surface area contributed by atoms with Crippen LogP contribution in [0.5, 0.6) is 0 Å². The molecule has 3 N–H and O–H groups in total. The van der Waals surface area contributed by atoms with E-state index in [1.807, 2.05) is 31.9 Å². The van der Waals surface area contributed by atoms with E-state index in [1.54, 1.807) is 0 Å². The normalized spacial score (nSPS) is 11.6. The number of hydrogen-bond donors (Lipinski definition) is 2. The van der Waals surface area contributed by atoms with E-state index in [1.165, 1.54) is 0 Å². The van der Waals surface area contributed by atoms with Gasteiger partial charge in [0, 0.05) is 25.7 Å². The van der Waals surface area contributed by atoms with Crippen molar-refractivity contribution >= 4 is 17.6 Å². The SMILES string of the molecule is CCNc1cc(N(C)C(C)CC#N)nc(N)n1. The van der Waals surface area contributed by atoms with Gasteiger partial charge < -0.3 is 16.0 Å². The number of nitrogens with two attached hydrogens (primary N) is 1. The number of nitrogens with one attached hydrogen (secondary N) is 1. The molecule has 0 bridgehead atoms. The van der Waals surface area contributed by atoms with E-state index in [0.717, 1.165) is 12.4 Å². The van der Waals surface area contributed by atoms with Crippen LogP contribution in [0.3, 0.4) is 0 Å². The second-order valence-corrected chi connectivity index (χ2v) is 3.82. The molecule has 0 saturated heterocycles. The van der Waals surface area contributed by atoms with Crippen LogP contribution in [-0.2, 0) is 0 Å². The largest absolute Gasteiger partial charge is 0.370 e. The average molecular weight is 234 g/mol. The zero-order chi connectivity index (χ0) is 12.8. The highest BCUT2D eigenvalue weighted by atomic mass is 15.2. The summed E-state index contributed by atoms with van der Waals surface area (Å²) in [6, 6.07) is 4.05. The Hall–Kier alpha value is -2.03. The topological polar surface area (TPSA) is 90.9 Å². The predicted octanol–water partition coefficient (Wildman–Crippen LogP) is 1.23. The Morgan fingerprint density at radius 2 is 2.29 bits per heavy atom. The number of aromatic nitrogens is 2. The van der Waals surface area contributed by atoms with E-state index in [4.69, 9.17) is 11.0 Å². The molecule has 6 heteroatoms. The Kier molecular flexibility index (Phi) is 4.52. The smallest absolute Gasteiger partial charge is 0.223 e. The van der Waals surface area contributed by atoms with Crippen LogP contribution >= 0.6 is 0 Å². The lowest BCUT2D eigenvalue weighted by atomic mass is 10.2. The molecule has 0 aliphatic heterocycles. The van der Waals surface area contributed by atoms with E-state index < -0.39 is 0 Å². The molecule has 1 unspecified atom stereocenters. The fraction of sp³-hybridized carbons (Fsp3) is 0.545. The van der Waals surface area contributed by atoms with Crippen LogP contribution in [0.1, 0.15) is 20.3 Å². The molecule has 1 aromatic rings. The first-order valence-electron chi connectivity index (χ1n) is 5.56. The third-order valence-electron chi connectivity index (χ3n) is 2.50. The van der Waals surface area contributed by atoms with Crippen molar-refractivity contribution in [3.63, 3.8) is 0 Å². The van der Waals surface area contributed by atoms with E-state index >= 15 is 0 Å². The molecule has 1 rings (SSSR count). The molecule has 0 radical (unpaired) electrons. The molecular formula is C11H18N6. The van der Waals surface area contributed by atoms with Gasteiger partial charge in [0.25, 0.3) is 0 Å². The molecule has 0 aliphatic carbocycles. The average Bonchev–Trinajstić information content (AvgIpc) is 2.28. The first-order chi connectivity index (χ1) is 8.08. The van der Waals surface area contributed by atoms with Crippen molar-refractivity contribution in [1.82, 2.24) is 9.97 Å². The molecule has 6 nitrogen and oxygen atoms in total. The van der Waals surface area contributed by atoms with Crippen molar-refractivity contribution in [2.75, 3.05) is 29.5 Å². The van der Waals surface area contributed by atoms with Crippen LogP contribution in [-0.4, -0.2) is 29.6 Å². The third kappa shape index (κ3) is 3.48. The predicted molar refractivity (Wildman–Crippen MR) is 68.7 cm³/mol. The van der Waals surface area contributed by atoms with Gasteiger partial charge >= 0.3 is 0 Å². The van der Waals surface area contributed by atoms with Gasteiger partial charge in [-0.15, -0.1) is 0 Å². The molecule has 0 aromatic carbocycles. The number of hydrogen-bond acceptors (Lipinski definition) is 6. The molecule has 1 aromatic heterocycles. The van der Waals surface area contributed by atoms with Gasteiger partial charge in [0.2, 0.25) is 5.95 Å². The molecule has 0 fully saturated rings. The summed E-state index contributed by atoms with van der Waals surface area (Å²) in [5.41, 5.74) is 5.65. The van der Waals surface area contributed by atoms with Crippen LogP contribution < -0.4 is 16.0 Å². The zero-order valence-corrected chi connectivity index (χ0v) is 10.4. The fourth-order valence-electron chi connectivity index (χ4n) is 1.40. The minimum atomic E-state index is 0.0868. The number of nitrogens with zero attached hydrogens (tertiary/aromatic N) is 4. The highest BCUT2D eigenvalue weighted by Gasteiger charge is 2.12. The summed E-state index contributed by atoms with van der Waals surface area (Å²) >= 11 is 0. The first-order valence-corrected chi connectivity index (χ1v) is 5.56. The summed E-state index contributed by atoms with van der Waals surface area (Å²) in [6.07, 6.45) is 0.441. The quantitative estimate of drug-likeness (QED) is 0.796. The number of rotatable bonds is 5.